The Kier molecular flexibility index (Phi) is 3.73. The van der Waals surface area contributed by atoms with Gasteiger partial charge in [0.1, 0.15) is 5.52 Å². The number of rotatable bonds is 3. The highest BCUT2D eigenvalue weighted by Gasteiger charge is 2.20. The fourth-order valence-electron chi connectivity index (χ4n) is 2.24. The number of carboxylic acid groups (broad SMARTS) is 1. The number of aryl methyl sites for hydroxylation is 1. The number of nitrogens with one attached hydrogen (secondary N) is 2. The van der Waals surface area contributed by atoms with Crippen molar-refractivity contribution >= 4 is 51.0 Å². The number of carbonyl (C=O) groups is 1. The van der Waals surface area contributed by atoms with Gasteiger partial charge in [-0.1, -0.05) is 0 Å². The van der Waals surface area contributed by atoms with E-state index < -0.39 is 11.8 Å². The lowest BCUT2D eigenvalue weighted by molar-refractivity contribution is 0.0697. The zero-order valence-corrected chi connectivity index (χ0v) is 13.6. The minimum atomic E-state index is -1.21. The van der Waals surface area contributed by atoms with Crippen LogP contribution in [0.5, 0.6) is 0 Å². The number of aromatic nitrogens is 2. The molecule has 0 atom stereocenters. The number of imidazole rings is 1. The van der Waals surface area contributed by atoms with Gasteiger partial charge in [0.25, 0.3) is 0 Å². The van der Waals surface area contributed by atoms with E-state index in [4.69, 9.17) is 0 Å². The Hall–Kier alpha value is -2.16. The average Bonchev–Trinajstić information content (AvgIpc) is 2.92. The van der Waals surface area contributed by atoms with E-state index in [0.29, 0.717) is 11.2 Å². The van der Waals surface area contributed by atoms with Crippen LogP contribution < -0.4 is 5.32 Å². The SMILES string of the molecule is Cc1cc(I)ccc1Nc1c(C(=O)O)cc2[nH]cnc2c1F. The molecule has 5 nitrogen and oxygen atoms in total. The predicted octanol–water partition coefficient (Wildman–Crippen LogP) is 4.06. The molecular formula is C15H11FIN3O2. The van der Waals surface area contributed by atoms with Crippen molar-refractivity contribution in [2.24, 2.45) is 0 Å². The van der Waals surface area contributed by atoms with Crippen LogP contribution >= 0.6 is 22.6 Å². The number of fused-ring (bicyclic) bond motifs is 1. The normalized spacial score (nSPS) is 10.9. The monoisotopic (exact) mass is 411 g/mol. The number of benzene rings is 2. The van der Waals surface area contributed by atoms with E-state index in [1.165, 1.54) is 12.4 Å². The fourth-order valence-corrected chi connectivity index (χ4v) is 2.88. The molecule has 22 heavy (non-hydrogen) atoms. The van der Waals surface area contributed by atoms with Gasteiger partial charge in [0.2, 0.25) is 0 Å². The minimum absolute atomic E-state index is 0.0867. The standard InChI is InChI=1S/C15H11FIN3O2/c1-7-4-8(17)2-3-10(7)20-13-9(15(21)22)5-11-14(12(13)16)19-6-18-11/h2-6,20H,1H3,(H,18,19)(H,21,22). The molecule has 2 aromatic carbocycles. The van der Waals surface area contributed by atoms with Crippen molar-refractivity contribution in [2.45, 2.75) is 6.92 Å². The third-order valence-corrected chi connectivity index (χ3v) is 4.00. The molecule has 3 N–H and O–H groups in total. The van der Waals surface area contributed by atoms with Crippen LogP contribution in [0, 0.1) is 16.3 Å². The smallest absolute Gasteiger partial charge is 0.338 e. The van der Waals surface area contributed by atoms with Crippen molar-refractivity contribution in [1.82, 2.24) is 9.97 Å². The largest absolute Gasteiger partial charge is 0.478 e. The van der Waals surface area contributed by atoms with Crippen molar-refractivity contribution in [2.75, 3.05) is 5.32 Å². The van der Waals surface area contributed by atoms with E-state index in [1.54, 1.807) is 6.07 Å². The van der Waals surface area contributed by atoms with Crippen molar-refractivity contribution in [3.8, 4) is 0 Å². The summed E-state index contributed by atoms with van der Waals surface area (Å²) in [7, 11) is 0. The fraction of sp³-hybridized carbons (Fsp3) is 0.0667. The van der Waals surface area contributed by atoms with Crippen molar-refractivity contribution < 1.29 is 14.3 Å². The second kappa shape index (κ2) is 5.56. The van der Waals surface area contributed by atoms with Crippen LogP contribution in [0.4, 0.5) is 15.8 Å². The molecule has 1 heterocycles. The number of anilines is 2. The van der Waals surface area contributed by atoms with Gasteiger partial charge in [0.05, 0.1) is 23.1 Å². The summed E-state index contributed by atoms with van der Waals surface area (Å²) in [5.41, 5.74) is 1.76. The van der Waals surface area contributed by atoms with Gasteiger partial charge in [-0.2, -0.15) is 0 Å². The first-order valence-electron chi connectivity index (χ1n) is 6.39. The number of carboxylic acids is 1. The maximum absolute atomic E-state index is 14.6. The van der Waals surface area contributed by atoms with Crippen LogP contribution in [0.25, 0.3) is 11.0 Å². The van der Waals surface area contributed by atoms with Gasteiger partial charge >= 0.3 is 5.97 Å². The Balaban J connectivity index is 2.18. The highest BCUT2D eigenvalue weighted by molar-refractivity contribution is 14.1. The van der Waals surface area contributed by atoms with Crippen molar-refractivity contribution in [3.05, 3.63) is 51.1 Å². The Morgan fingerprint density at radius 1 is 1.41 bits per heavy atom. The van der Waals surface area contributed by atoms with Gasteiger partial charge in [-0.25, -0.2) is 14.2 Å². The number of hydrogen-bond acceptors (Lipinski definition) is 3. The lowest BCUT2D eigenvalue weighted by Gasteiger charge is -2.13. The molecule has 0 saturated heterocycles. The summed E-state index contributed by atoms with van der Waals surface area (Å²) in [6.45, 7) is 1.87. The summed E-state index contributed by atoms with van der Waals surface area (Å²) in [5.74, 6) is -1.89. The van der Waals surface area contributed by atoms with Gasteiger partial charge in [-0.05, 0) is 59.3 Å². The maximum atomic E-state index is 14.6. The number of H-pyrrole nitrogens is 1. The molecule has 3 rings (SSSR count). The molecule has 0 unspecified atom stereocenters. The third-order valence-electron chi connectivity index (χ3n) is 3.33. The molecule has 0 fully saturated rings. The average molecular weight is 411 g/mol. The molecule has 0 aliphatic heterocycles. The summed E-state index contributed by atoms with van der Waals surface area (Å²) in [6.07, 6.45) is 1.33. The number of halogens is 2. The maximum Gasteiger partial charge on any atom is 0.338 e. The van der Waals surface area contributed by atoms with E-state index in [0.717, 1.165) is 9.13 Å². The van der Waals surface area contributed by atoms with Crippen LogP contribution in [0.2, 0.25) is 0 Å². The number of hydrogen-bond donors (Lipinski definition) is 3. The first-order valence-corrected chi connectivity index (χ1v) is 7.47. The van der Waals surface area contributed by atoms with E-state index >= 15 is 0 Å². The topological polar surface area (TPSA) is 78.0 Å². The molecular weight excluding hydrogens is 400 g/mol. The quantitative estimate of drug-likeness (QED) is 0.569. The van der Waals surface area contributed by atoms with Gasteiger partial charge in [0.15, 0.2) is 5.82 Å². The number of aromatic carboxylic acids is 1. The Bertz CT molecular complexity index is 892. The lowest BCUT2D eigenvalue weighted by Crippen LogP contribution is -2.06. The van der Waals surface area contributed by atoms with Crippen LogP contribution in [0.1, 0.15) is 15.9 Å². The van der Waals surface area contributed by atoms with Crippen molar-refractivity contribution in [1.29, 1.82) is 0 Å². The van der Waals surface area contributed by atoms with E-state index in [2.05, 4.69) is 37.9 Å². The summed E-state index contributed by atoms with van der Waals surface area (Å²) in [4.78, 5) is 18.0. The molecule has 0 radical (unpaired) electrons. The lowest BCUT2D eigenvalue weighted by atomic mass is 10.1. The molecule has 0 saturated carbocycles. The first kappa shape index (κ1) is 14.8. The van der Waals surface area contributed by atoms with E-state index in [9.17, 15) is 14.3 Å². The summed E-state index contributed by atoms with van der Waals surface area (Å²) in [5, 5.41) is 12.2. The molecule has 3 aromatic rings. The number of nitrogens with zero attached hydrogens (tertiary/aromatic N) is 1. The molecule has 7 heteroatoms. The molecule has 112 valence electrons. The van der Waals surface area contributed by atoms with E-state index in [1.807, 2.05) is 19.1 Å². The van der Waals surface area contributed by atoms with Crippen LogP contribution in [0.3, 0.4) is 0 Å². The molecule has 0 aliphatic carbocycles. The zero-order valence-electron chi connectivity index (χ0n) is 11.4. The molecule has 1 aromatic heterocycles. The summed E-state index contributed by atoms with van der Waals surface area (Å²) >= 11 is 2.18. The molecule has 0 spiro atoms. The highest BCUT2D eigenvalue weighted by Crippen LogP contribution is 2.31. The minimum Gasteiger partial charge on any atom is -0.478 e. The van der Waals surface area contributed by atoms with Crippen LogP contribution in [0.15, 0.2) is 30.6 Å². The first-order chi connectivity index (χ1) is 10.5. The Morgan fingerprint density at radius 2 is 2.18 bits per heavy atom. The van der Waals surface area contributed by atoms with E-state index in [-0.39, 0.29) is 16.8 Å². The predicted molar refractivity (Wildman–Crippen MR) is 90.2 cm³/mol. The Morgan fingerprint density at radius 3 is 2.86 bits per heavy atom. The summed E-state index contributed by atoms with van der Waals surface area (Å²) < 4.78 is 15.7. The second-order valence-corrected chi connectivity index (χ2v) is 6.05. The molecule has 0 bridgehead atoms. The van der Waals surface area contributed by atoms with Crippen LogP contribution in [-0.2, 0) is 0 Å². The van der Waals surface area contributed by atoms with Gasteiger partial charge in [0, 0.05) is 9.26 Å². The molecule has 0 amide bonds. The Labute approximate surface area is 138 Å². The van der Waals surface area contributed by atoms with Crippen molar-refractivity contribution in [3.63, 3.8) is 0 Å². The second-order valence-electron chi connectivity index (χ2n) is 4.80. The zero-order chi connectivity index (χ0) is 15.9. The third kappa shape index (κ3) is 2.52. The van der Waals surface area contributed by atoms with Crippen LogP contribution in [-0.4, -0.2) is 21.0 Å². The number of aromatic amines is 1. The van der Waals surface area contributed by atoms with Gasteiger partial charge in [-0.15, -0.1) is 0 Å². The van der Waals surface area contributed by atoms with Gasteiger partial charge < -0.3 is 15.4 Å². The van der Waals surface area contributed by atoms with Gasteiger partial charge in [-0.3, -0.25) is 0 Å². The summed E-state index contributed by atoms with van der Waals surface area (Å²) in [6, 6.07) is 6.95. The molecule has 0 aliphatic rings. The highest BCUT2D eigenvalue weighted by atomic mass is 127.